The van der Waals surface area contributed by atoms with Crippen molar-refractivity contribution >= 4 is 12.0 Å². The second-order valence-corrected chi connectivity index (χ2v) is 5.68. The summed E-state index contributed by atoms with van der Waals surface area (Å²) in [5.74, 6) is 1.00. The number of halogens is 3. The van der Waals surface area contributed by atoms with Crippen LogP contribution in [0.15, 0.2) is 42.5 Å². The van der Waals surface area contributed by atoms with E-state index in [9.17, 15) is 18.0 Å². The summed E-state index contributed by atoms with van der Waals surface area (Å²) in [4.78, 5) is 12.1. The highest BCUT2D eigenvalue weighted by atomic mass is 19.4. The van der Waals surface area contributed by atoms with Gasteiger partial charge in [0.25, 0.3) is 0 Å². The van der Waals surface area contributed by atoms with E-state index < -0.39 is 17.6 Å². The van der Waals surface area contributed by atoms with Gasteiger partial charge in [-0.3, -0.25) is 4.79 Å². The Morgan fingerprint density at radius 3 is 2.21 bits per heavy atom. The van der Waals surface area contributed by atoms with Crippen LogP contribution in [0.5, 0.6) is 17.2 Å². The molecule has 150 valence electrons. The van der Waals surface area contributed by atoms with E-state index in [2.05, 4.69) is 5.32 Å². The van der Waals surface area contributed by atoms with Crippen molar-refractivity contribution in [1.29, 1.82) is 0 Å². The minimum atomic E-state index is -4.44. The average molecular weight is 395 g/mol. The smallest absolute Gasteiger partial charge is 0.416 e. The SMILES string of the molecule is COc1cc(OC)c(CNC(=O)C=Cc2cccc(C(F)(F)F)c2)c(OC)c1. The lowest BCUT2D eigenvalue weighted by atomic mass is 10.1. The number of ether oxygens (including phenoxy) is 3. The molecule has 28 heavy (non-hydrogen) atoms. The Balaban J connectivity index is 2.10. The van der Waals surface area contributed by atoms with Crippen molar-refractivity contribution in [3.63, 3.8) is 0 Å². The summed E-state index contributed by atoms with van der Waals surface area (Å²) in [7, 11) is 4.47. The fourth-order valence-corrected chi connectivity index (χ4v) is 2.48. The van der Waals surface area contributed by atoms with Gasteiger partial charge in [0.15, 0.2) is 0 Å². The highest BCUT2D eigenvalue weighted by Crippen LogP contribution is 2.34. The molecule has 0 atom stereocenters. The van der Waals surface area contributed by atoms with E-state index in [1.807, 2.05) is 0 Å². The summed E-state index contributed by atoms with van der Waals surface area (Å²) in [5.41, 5.74) is 0.0963. The predicted octanol–water partition coefficient (Wildman–Crippen LogP) is 4.06. The van der Waals surface area contributed by atoms with E-state index in [1.54, 1.807) is 12.1 Å². The summed E-state index contributed by atoms with van der Waals surface area (Å²) >= 11 is 0. The molecule has 0 aromatic heterocycles. The maximum Gasteiger partial charge on any atom is 0.416 e. The molecule has 0 radical (unpaired) electrons. The Bertz CT molecular complexity index is 838. The zero-order chi connectivity index (χ0) is 20.7. The van der Waals surface area contributed by atoms with Gasteiger partial charge in [-0.05, 0) is 23.8 Å². The van der Waals surface area contributed by atoms with E-state index in [1.165, 1.54) is 39.5 Å². The van der Waals surface area contributed by atoms with E-state index >= 15 is 0 Å². The van der Waals surface area contributed by atoms with Crippen molar-refractivity contribution in [3.8, 4) is 17.2 Å². The summed E-state index contributed by atoms with van der Waals surface area (Å²) in [6.45, 7) is 0.0993. The van der Waals surface area contributed by atoms with Crippen LogP contribution in [0.3, 0.4) is 0 Å². The fraction of sp³-hybridized carbons (Fsp3) is 0.250. The third kappa shape index (κ3) is 5.42. The number of amides is 1. The third-order valence-corrected chi connectivity index (χ3v) is 3.90. The Morgan fingerprint density at radius 1 is 1.04 bits per heavy atom. The fourth-order valence-electron chi connectivity index (χ4n) is 2.48. The average Bonchev–Trinajstić information content (AvgIpc) is 2.69. The Hall–Kier alpha value is -3.16. The molecule has 0 bridgehead atoms. The summed E-state index contributed by atoms with van der Waals surface area (Å²) in [5, 5.41) is 2.65. The topological polar surface area (TPSA) is 56.8 Å². The van der Waals surface area contributed by atoms with Crippen LogP contribution in [0, 0.1) is 0 Å². The predicted molar refractivity (Wildman–Crippen MR) is 98.4 cm³/mol. The van der Waals surface area contributed by atoms with Gasteiger partial charge in [-0.2, -0.15) is 13.2 Å². The Morgan fingerprint density at radius 2 is 1.68 bits per heavy atom. The molecule has 5 nitrogen and oxygen atoms in total. The first kappa shape index (κ1) is 21.1. The monoisotopic (exact) mass is 395 g/mol. The molecule has 0 aliphatic rings. The van der Waals surface area contributed by atoms with Crippen LogP contribution >= 0.6 is 0 Å². The van der Waals surface area contributed by atoms with Crippen LogP contribution in [0.1, 0.15) is 16.7 Å². The summed E-state index contributed by atoms with van der Waals surface area (Å²) in [6.07, 6.45) is -1.96. The Kier molecular flexibility index (Phi) is 6.92. The maximum atomic E-state index is 12.7. The van der Waals surface area contributed by atoms with Crippen LogP contribution in [0.25, 0.3) is 6.08 Å². The summed E-state index contributed by atoms with van der Waals surface area (Å²) in [6, 6.07) is 8.02. The lowest BCUT2D eigenvalue weighted by Gasteiger charge is -2.15. The first-order chi connectivity index (χ1) is 13.3. The number of rotatable bonds is 7. The van der Waals surface area contributed by atoms with Gasteiger partial charge < -0.3 is 19.5 Å². The zero-order valence-corrected chi connectivity index (χ0v) is 15.6. The normalized spacial score (nSPS) is 11.4. The molecular formula is C20H20F3NO4. The summed E-state index contributed by atoms with van der Waals surface area (Å²) < 4.78 is 54.0. The van der Waals surface area contributed by atoms with Crippen molar-refractivity contribution in [3.05, 3.63) is 59.2 Å². The van der Waals surface area contributed by atoms with Gasteiger partial charge in [-0.1, -0.05) is 12.1 Å². The van der Waals surface area contributed by atoms with Gasteiger partial charge in [-0.25, -0.2) is 0 Å². The minimum absolute atomic E-state index is 0.0993. The molecule has 0 heterocycles. The molecule has 0 unspecified atom stereocenters. The van der Waals surface area contributed by atoms with E-state index in [4.69, 9.17) is 14.2 Å². The second-order valence-electron chi connectivity index (χ2n) is 5.68. The lowest BCUT2D eigenvalue weighted by Crippen LogP contribution is -2.21. The van der Waals surface area contributed by atoms with Crippen molar-refractivity contribution < 1.29 is 32.2 Å². The number of hydrogen-bond acceptors (Lipinski definition) is 4. The number of carbonyl (C=O) groups excluding carboxylic acids is 1. The largest absolute Gasteiger partial charge is 0.496 e. The molecule has 0 spiro atoms. The molecule has 2 aromatic carbocycles. The number of benzene rings is 2. The van der Waals surface area contributed by atoms with Crippen molar-refractivity contribution in [2.75, 3.05) is 21.3 Å². The van der Waals surface area contributed by atoms with E-state index in [-0.39, 0.29) is 12.1 Å². The van der Waals surface area contributed by atoms with E-state index in [0.717, 1.165) is 18.2 Å². The quantitative estimate of drug-likeness (QED) is 0.719. The van der Waals surface area contributed by atoms with Crippen LogP contribution in [0.2, 0.25) is 0 Å². The number of carbonyl (C=O) groups is 1. The molecule has 0 saturated heterocycles. The first-order valence-corrected chi connectivity index (χ1v) is 8.20. The molecule has 0 aliphatic carbocycles. The third-order valence-electron chi connectivity index (χ3n) is 3.90. The molecule has 2 rings (SSSR count). The molecule has 0 aliphatic heterocycles. The molecular weight excluding hydrogens is 375 g/mol. The number of hydrogen-bond donors (Lipinski definition) is 1. The maximum absolute atomic E-state index is 12.7. The molecule has 1 N–H and O–H groups in total. The molecule has 1 amide bonds. The minimum Gasteiger partial charge on any atom is -0.496 e. The highest BCUT2D eigenvalue weighted by Gasteiger charge is 2.30. The lowest BCUT2D eigenvalue weighted by molar-refractivity contribution is -0.137. The highest BCUT2D eigenvalue weighted by molar-refractivity contribution is 5.91. The van der Waals surface area contributed by atoms with Crippen LogP contribution in [-0.4, -0.2) is 27.2 Å². The van der Waals surface area contributed by atoms with Gasteiger partial charge in [0.2, 0.25) is 5.91 Å². The molecule has 0 fully saturated rings. The van der Waals surface area contributed by atoms with Crippen LogP contribution in [0.4, 0.5) is 13.2 Å². The Labute approximate surface area is 160 Å². The molecule has 2 aromatic rings. The van der Waals surface area contributed by atoms with Gasteiger partial charge in [0.05, 0.1) is 39.0 Å². The van der Waals surface area contributed by atoms with Crippen LogP contribution in [-0.2, 0) is 17.5 Å². The number of nitrogens with one attached hydrogen (secondary N) is 1. The van der Waals surface area contributed by atoms with Gasteiger partial charge in [-0.15, -0.1) is 0 Å². The zero-order valence-electron chi connectivity index (χ0n) is 15.6. The van der Waals surface area contributed by atoms with Gasteiger partial charge >= 0.3 is 6.18 Å². The van der Waals surface area contributed by atoms with Gasteiger partial charge in [0.1, 0.15) is 17.2 Å². The van der Waals surface area contributed by atoms with E-state index in [0.29, 0.717) is 22.8 Å². The standard InChI is InChI=1S/C20H20F3NO4/c1-26-15-10-17(27-2)16(18(11-15)28-3)12-24-19(25)8-7-13-5-4-6-14(9-13)20(21,22)23/h4-11H,12H2,1-3H3,(H,24,25). The number of alkyl halides is 3. The van der Waals surface area contributed by atoms with Crippen molar-refractivity contribution in [2.24, 2.45) is 0 Å². The number of methoxy groups -OCH3 is 3. The second kappa shape index (κ2) is 9.16. The van der Waals surface area contributed by atoms with Crippen LogP contribution < -0.4 is 19.5 Å². The van der Waals surface area contributed by atoms with Gasteiger partial charge in [0, 0.05) is 18.2 Å². The molecule has 0 saturated carbocycles. The van der Waals surface area contributed by atoms with Crippen molar-refractivity contribution in [1.82, 2.24) is 5.32 Å². The van der Waals surface area contributed by atoms with Crippen molar-refractivity contribution in [2.45, 2.75) is 12.7 Å². The first-order valence-electron chi connectivity index (χ1n) is 8.20. The molecule has 8 heteroatoms.